The first kappa shape index (κ1) is 31.0. The Labute approximate surface area is 261 Å². The molecule has 7 rings (SSSR count). The van der Waals surface area contributed by atoms with Gasteiger partial charge in [0.1, 0.15) is 35.1 Å². The number of halogens is 6. The molecular weight excluding hydrogens is 616 g/mol. The molecule has 0 amide bonds. The first-order chi connectivity index (χ1) is 21.7. The highest BCUT2D eigenvalue weighted by Gasteiger charge is 2.57. The van der Waals surface area contributed by atoms with Crippen molar-refractivity contribution < 1.29 is 35.8 Å². The number of nitrogens with two attached hydrogens (primary N) is 1. The highest BCUT2D eigenvalue weighted by Crippen LogP contribution is 2.48. The quantitative estimate of drug-likeness (QED) is 0.280. The van der Waals surface area contributed by atoms with Gasteiger partial charge in [0.2, 0.25) is 5.88 Å². The maximum Gasteiger partial charge on any atom is 0.417 e. The lowest BCUT2D eigenvalue weighted by Crippen LogP contribution is -2.60. The summed E-state index contributed by atoms with van der Waals surface area (Å²) in [5.41, 5.74) is 2.22. The van der Waals surface area contributed by atoms with Gasteiger partial charge in [-0.25, -0.2) is 18.2 Å². The normalized spacial score (nSPS) is 27.3. The minimum Gasteiger partial charge on any atom is -0.472 e. The molecule has 4 aliphatic rings. The Morgan fingerprint density at radius 1 is 1.20 bits per heavy atom. The second-order valence-corrected chi connectivity index (χ2v) is 13.0. The molecule has 9 nitrogen and oxygen atoms in total. The van der Waals surface area contributed by atoms with E-state index in [2.05, 4.69) is 20.3 Å². The SMILES string of the molecule is CC[C@@H]1CN2c3nc(OC[C@]45CCCN4CC(F)(F)C5)nc4c(F)c(-c5cc(N)cc(C)c5C(F)(F)F)nc(c34)O[C@@H](C)[C@@H]2CN1. The number of fused-ring (bicyclic) bond motifs is 3. The predicted molar refractivity (Wildman–Crippen MR) is 159 cm³/mol. The van der Waals surface area contributed by atoms with E-state index in [1.54, 1.807) is 11.8 Å². The summed E-state index contributed by atoms with van der Waals surface area (Å²) >= 11 is 0. The van der Waals surface area contributed by atoms with E-state index in [1.165, 1.54) is 13.0 Å². The van der Waals surface area contributed by atoms with Crippen molar-refractivity contribution in [3.8, 4) is 23.1 Å². The molecule has 6 heterocycles. The monoisotopic (exact) mass is 651 g/mol. The number of aryl methyl sites for hydroxylation is 1. The van der Waals surface area contributed by atoms with Crippen LogP contribution in [0.5, 0.6) is 11.9 Å². The van der Waals surface area contributed by atoms with Crippen molar-refractivity contribution in [2.45, 2.75) is 82.3 Å². The maximum absolute atomic E-state index is 16.7. The minimum atomic E-state index is -4.85. The molecule has 0 bridgehead atoms. The number of aromatic nitrogens is 3. The van der Waals surface area contributed by atoms with Crippen LogP contribution in [0.4, 0.5) is 37.8 Å². The lowest BCUT2D eigenvalue weighted by atomic mass is 9.94. The number of piperazine rings is 1. The van der Waals surface area contributed by atoms with E-state index < -0.39 is 46.4 Å². The fourth-order valence-corrected chi connectivity index (χ4v) is 7.71. The van der Waals surface area contributed by atoms with Crippen molar-refractivity contribution in [2.24, 2.45) is 0 Å². The van der Waals surface area contributed by atoms with Crippen LogP contribution in [0.2, 0.25) is 0 Å². The largest absolute Gasteiger partial charge is 0.472 e. The summed E-state index contributed by atoms with van der Waals surface area (Å²) in [4.78, 5) is 17.1. The Bertz CT molecular complexity index is 1700. The summed E-state index contributed by atoms with van der Waals surface area (Å²) in [5.74, 6) is -3.86. The van der Waals surface area contributed by atoms with Crippen LogP contribution in [-0.4, -0.2) is 82.3 Å². The molecule has 0 saturated carbocycles. The molecule has 248 valence electrons. The molecule has 3 aromatic rings. The first-order valence-corrected chi connectivity index (χ1v) is 15.5. The van der Waals surface area contributed by atoms with Gasteiger partial charge in [-0.2, -0.15) is 23.1 Å². The summed E-state index contributed by atoms with van der Waals surface area (Å²) in [6, 6.07) is 1.70. The zero-order chi connectivity index (χ0) is 32.8. The van der Waals surface area contributed by atoms with Crippen LogP contribution in [0, 0.1) is 12.7 Å². The zero-order valence-corrected chi connectivity index (χ0v) is 25.6. The van der Waals surface area contributed by atoms with Crippen LogP contribution in [0.25, 0.3) is 22.2 Å². The average Bonchev–Trinajstić information content (AvgIpc) is 3.43. The predicted octanol–water partition coefficient (Wildman–Crippen LogP) is 5.33. The molecule has 1 aromatic carbocycles. The number of hydrogen-bond acceptors (Lipinski definition) is 9. The number of ether oxygens (including phenoxy) is 2. The third-order valence-corrected chi connectivity index (χ3v) is 9.87. The molecule has 3 fully saturated rings. The number of nitrogen functional groups attached to an aromatic ring is 1. The molecule has 3 saturated heterocycles. The van der Waals surface area contributed by atoms with Gasteiger partial charge in [0.05, 0.1) is 23.7 Å². The summed E-state index contributed by atoms with van der Waals surface area (Å²) < 4.78 is 101. The van der Waals surface area contributed by atoms with Crippen LogP contribution < -0.4 is 25.4 Å². The van der Waals surface area contributed by atoms with E-state index >= 15 is 4.39 Å². The topological polar surface area (TPSA) is 102 Å². The number of benzene rings is 1. The van der Waals surface area contributed by atoms with Gasteiger partial charge < -0.3 is 25.4 Å². The Hall–Kier alpha value is -3.59. The fraction of sp³-hybridized carbons (Fsp3) is 0.581. The number of anilines is 2. The molecule has 3 N–H and O–H groups in total. The van der Waals surface area contributed by atoms with Crippen LogP contribution in [-0.2, 0) is 6.18 Å². The fourth-order valence-electron chi connectivity index (χ4n) is 7.71. The van der Waals surface area contributed by atoms with Crippen molar-refractivity contribution in [3.63, 3.8) is 0 Å². The lowest BCUT2D eigenvalue weighted by Gasteiger charge is -2.42. The second kappa shape index (κ2) is 10.7. The van der Waals surface area contributed by atoms with Gasteiger partial charge in [0.15, 0.2) is 5.82 Å². The maximum atomic E-state index is 16.7. The van der Waals surface area contributed by atoms with Gasteiger partial charge in [-0.1, -0.05) is 6.92 Å². The van der Waals surface area contributed by atoms with Gasteiger partial charge >= 0.3 is 12.2 Å². The molecule has 2 aromatic heterocycles. The molecule has 0 aliphatic carbocycles. The summed E-state index contributed by atoms with van der Waals surface area (Å²) in [7, 11) is 0. The second-order valence-electron chi connectivity index (χ2n) is 13.0. The number of hydrogen-bond donors (Lipinski definition) is 2. The Morgan fingerprint density at radius 2 is 1.98 bits per heavy atom. The highest BCUT2D eigenvalue weighted by molar-refractivity contribution is 5.97. The van der Waals surface area contributed by atoms with Crippen molar-refractivity contribution in [1.82, 2.24) is 25.2 Å². The lowest BCUT2D eigenvalue weighted by molar-refractivity contribution is -0.137. The van der Waals surface area contributed by atoms with Crippen LogP contribution in [0.15, 0.2) is 12.1 Å². The van der Waals surface area contributed by atoms with E-state index in [-0.39, 0.29) is 71.5 Å². The molecule has 46 heavy (non-hydrogen) atoms. The zero-order valence-electron chi connectivity index (χ0n) is 25.6. The van der Waals surface area contributed by atoms with E-state index in [9.17, 15) is 22.0 Å². The van der Waals surface area contributed by atoms with E-state index in [4.69, 9.17) is 15.2 Å². The van der Waals surface area contributed by atoms with Gasteiger partial charge in [-0.15, -0.1) is 0 Å². The Balaban J connectivity index is 1.42. The molecule has 0 radical (unpaired) electrons. The molecule has 4 atom stereocenters. The minimum absolute atomic E-state index is 0.00287. The number of pyridine rings is 1. The number of nitrogens with zero attached hydrogens (tertiary/aromatic N) is 5. The first-order valence-electron chi connectivity index (χ1n) is 15.5. The molecule has 0 spiro atoms. The standard InChI is InChI=1S/C31H35F6N7O2/c1-4-18-11-44-20(10-39-18)16(3)46-27-21-25(23(32)24(40-27)19-9-17(38)8-15(2)22(19)31(35,36)37)41-28(42-26(21)44)45-14-29-6-5-7-43(29)13-30(33,34)12-29/h8-9,16,18,20,39H,4-7,10-14,38H2,1-3H3/t16-,18+,20-,29+/m0/s1. The third-order valence-electron chi connectivity index (χ3n) is 9.87. The van der Waals surface area contributed by atoms with Gasteiger partial charge in [0, 0.05) is 36.8 Å². The van der Waals surface area contributed by atoms with Crippen molar-refractivity contribution in [1.29, 1.82) is 0 Å². The molecular formula is C31H35F6N7O2. The molecule has 15 heteroatoms. The van der Waals surface area contributed by atoms with E-state index in [0.717, 1.165) is 18.9 Å². The van der Waals surface area contributed by atoms with Gasteiger partial charge in [-0.05, 0) is 57.4 Å². The van der Waals surface area contributed by atoms with Crippen LogP contribution in [0.3, 0.4) is 0 Å². The number of rotatable bonds is 5. The Kier molecular flexibility index (Phi) is 7.23. The third kappa shape index (κ3) is 5.06. The number of nitrogens with one attached hydrogen (secondary N) is 1. The highest BCUT2D eigenvalue weighted by atomic mass is 19.4. The van der Waals surface area contributed by atoms with Crippen LogP contribution >= 0.6 is 0 Å². The average molecular weight is 652 g/mol. The smallest absolute Gasteiger partial charge is 0.417 e. The summed E-state index contributed by atoms with van der Waals surface area (Å²) in [6.45, 7) is 6.02. The Morgan fingerprint density at radius 3 is 2.72 bits per heavy atom. The van der Waals surface area contributed by atoms with Gasteiger partial charge in [-0.3, -0.25) is 4.90 Å². The van der Waals surface area contributed by atoms with Crippen molar-refractivity contribution in [2.75, 3.05) is 43.4 Å². The molecule has 0 unspecified atom stereocenters. The van der Waals surface area contributed by atoms with Crippen molar-refractivity contribution >= 4 is 22.4 Å². The summed E-state index contributed by atoms with van der Waals surface area (Å²) in [6.07, 6.45) is -3.75. The van der Waals surface area contributed by atoms with Crippen molar-refractivity contribution in [3.05, 3.63) is 29.1 Å². The number of alkyl halides is 5. The molecule has 4 aliphatic heterocycles. The van der Waals surface area contributed by atoms with Crippen LogP contribution in [0.1, 0.15) is 50.7 Å². The van der Waals surface area contributed by atoms with E-state index in [0.29, 0.717) is 26.1 Å². The summed E-state index contributed by atoms with van der Waals surface area (Å²) in [5, 5.41) is 3.57. The van der Waals surface area contributed by atoms with Gasteiger partial charge in [0.25, 0.3) is 5.92 Å². The van der Waals surface area contributed by atoms with E-state index in [1.807, 2.05) is 11.8 Å².